The zero-order valence-corrected chi connectivity index (χ0v) is 14.7. The van der Waals surface area contributed by atoms with E-state index < -0.39 is 0 Å². The maximum absolute atomic E-state index is 13.0. The van der Waals surface area contributed by atoms with E-state index in [0.29, 0.717) is 6.54 Å². The number of hydrogen-bond donors (Lipinski definition) is 0. The number of rotatable bonds is 2. The smallest absolute Gasteiger partial charge is 0.236 e. The van der Waals surface area contributed by atoms with Gasteiger partial charge in [0.25, 0.3) is 0 Å². The number of fused-ring (bicyclic) bond motifs is 2. The minimum atomic E-state index is 0.00654. The van der Waals surface area contributed by atoms with Gasteiger partial charge in [-0.2, -0.15) is 5.10 Å². The van der Waals surface area contributed by atoms with Crippen LogP contribution in [0.2, 0.25) is 0 Å². The van der Waals surface area contributed by atoms with Crippen LogP contribution >= 0.6 is 11.8 Å². The van der Waals surface area contributed by atoms with Crippen molar-refractivity contribution < 1.29 is 4.79 Å². The van der Waals surface area contributed by atoms with E-state index >= 15 is 0 Å². The predicted octanol–water partition coefficient (Wildman–Crippen LogP) is 2.14. The van der Waals surface area contributed by atoms with E-state index in [-0.39, 0.29) is 11.2 Å². The van der Waals surface area contributed by atoms with Gasteiger partial charge in [-0.1, -0.05) is 18.2 Å². The van der Waals surface area contributed by atoms with Gasteiger partial charge in [0.15, 0.2) is 5.82 Å². The van der Waals surface area contributed by atoms with Crippen LogP contribution in [0.1, 0.15) is 16.8 Å². The van der Waals surface area contributed by atoms with Crippen molar-refractivity contribution in [2.75, 3.05) is 25.5 Å². The second-order valence-electron chi connectivity index (χ2n) is 6.50. The third kappa shape index (κ3) is 2.75. The summed E-state index contributed by atoms with van der Waals surface area (Å²) in [6, 6.07) is 10.4. The SMILES string of the molecule is CN(C)c1cc2c(nn1)CCN(C(=O)[C@H]1Cc3ccccc3S1)C2. The van der Waals surface area contributed by atoms with Gasteiger partial charge in [0.05, 0.1) is 10.9 Å². The summed E-state index contributed by atoms with van der Waals surface area (Å²) in [6.45, 7) is 1.37. The summed E-state index contributed by atoms with van der Waals surface area (Å²) >= 11 is 1.70. The van der Waals surface area contributed by atoms with Gasteiger partial charge in [0.1, 0.15) is 0 Å². The maximum Gasteiger partial charge on any atom is 0.236 e. The summed E-state index contributed by atoms with van der Waals surface area (Å²) in [6.07, 6.45) is 1.62. The molecule has 0 unspecified atom stereocenters. The van der Waals surface area contributed by atoms with E-state index in [2.05, 4.69) is 28.4 Å². The lowest BCUT2D eigenvalue weighted by Crippen LogP contribution is -2.41. The molecule has 6 heteroatoms. The molecule has 1 atom stereocenters. The summed E-state index contributed by atoms with van der Waals surface area (Å²) in [7, 11) is 3.91. The van der Waals surface area contributed by atoms with Gasteiger partial charge in [-0.25, -0.2) is 0 Å². The highest BCUT2D eigenvalue weighted by Crippen LogP contribution is 2.38. The first-order valence-corrected chi connectivity index (χ1v) is 9.06. The van der Waals surface area contributed by atoms with Gasteiger partial charge >= 0.3 is 0 Å². The largest absolute Gasteiger partial charge is 0.361 e. The average molecular weight is 340 g/mol. The molecule has 0 N–H and O–H groups in total. The highest BCUT2D eigenvalue weighted by molar-refractivity contribution is 8.01. The standard InChI is InChI=1S/C18H20N4OS/c1-21(2)17-10-13-11-22(8-7-14(13)19-20-17)18(23)16-9-12-5-3-4-6-15(12)24-16/h3-6,10,16H,7-9,11H2,1-2H3/t16-/m1/s1. The molecule has 0 saturated heterocycles. The summed E-state index contributed by atoms with van der Waals surface area (Å²) in [5.74, 6) is 1.08. The zero-order chi connectivity index (χ0) is 16.7. The lowest BCUT2D eigenvalue weighted by Gasteiger charge is -2.30. The average Bonchev–Trinajstić information content (AvgIpc) is 3.04. The molecule has 0 saturated carbocycles. The molecule has 1 aromatic heterocycles. The maximum atomic E-state index is 13.0. The molecule has 3 heterocycles. The lowest BCUT2D eigenvalue weighted by molar-refractivity contribution is -0.131. The number of carbonyl (C=O) groups is 1. The molecule has 0 spiro atoms. The first-order valence-electron chi connectivity index (χ1n) is 8.18. The molecule has 2 aliphatic rings. The molecule has 0 bridgehead atoms. The molecule has 2 aromatic rings. The van der Waals surface area contributed by atoms with Crippen molar-refractivity contribution in [3.05, 3.63) is 47.2 Å². The summed E-state index contributed by atoms with van der Waals surface area (Å²) in [5.41, 5.74) is 3.43. The second-order valence-corrected chi connectivity index (χ2v) is 7.74. The van der Waals surface area contributed by atoms with Crippen molar-refractivity contribution in [1.29, 1.82) is 0 Å². The third-order valence-corrected chi connectivity index (χ3v) is 5.92. The van der Waals surface area contributed by atoms with E-state index in [1.54, 1.807) is 11.8 Å². The Hall–Kier alpha value is -2.08. The lowest BCUT2D eigenvalue weighted by atomic mass is 10.0. The molecule has 0 radical (unpaired) electrons. The molecule has 0 aliphatic carbocycles. The minimum absolute atomic E-state index is 0.00654. The van der Waals surface area contributed by atoms with Crippen LogP contribution in [0.5, 0.6) is 0 Å². The number of benzene rings is 1. The topological polar surface area (TPSA) is 49.3 Å². The number of thioether (sulfide) groups is 1. The van der Waals surface area contributed by atoms with Gasteiger partial charge < -0.3 is 9.80 Å². The number of carbonyl (C=O) groups excluding carboxylic acids is 1. The molecule has 5 nitrogen and oxygen atoms in total. The van der Waals surface area contributed by atoms with Gasteiger partial charge in [-0.05, 0) is 29.7 Å². The second kappa shape index (κ2) is 6.09. The molecule has 0 fully saturated rings. The number of aromatic nitrogens is 2. The van der Waals surface area contributed by atoms with Crippen molar-refractivity contribution in [2.24, 2.45) is 0 Å². The van der Waals surface area contributed by atoms with Crippen LogP contribution in [0, 0.1) is 0 Å². The highest BCUT2D eigenvalue weighted by atomic mass is 32.2. The van der Waals surface area contributed by atoms with Crippen molar-refractivity contribution >= 4 is 23.5 Å². The van der Waals surface area contributed by atoms with E-state index in [4.69, 9.17) is 0 Å². The predicted molar refractivity (Wildman–Crippen MR) is 95.3 cm³/mol. The van der Waals surface area contributed by atoms with Crippen LogP contribution in [0.25, 0.3) is 0 Å². The first kappa shape index (κ1) is 15.4. The van der Waals surface area contributed by atoms with E-state index in [1.165, 1.54) is 10.5 Å². The molecule has 2 aliphatic heterocycles. The Morgan fingerprint density at radius 1 is 1.25 bits per heavy atom. The minimum Gasteiger partial charge on any atom is -0.361 e. The quantitative estimate of drug-likeness (QED) is 0.838. The Labute approximate surface area is 146 Å². The Morgan fingerprint density at radius 2 is 2.08 bits per heavy atom. The normalized spacial score (nSPS) is 18.9. The van der Waals surface area contributed by atoms with Crippen molar-refractivity contribution in [2.45, 2.75) is 29.5 Å². The van der Waals surface area contributed by atoms with E-state index in [9.17, 15) is 4.79 Å². The first-order chi connectivity index (χ1) is 11.6. The number of hydrogen-bond acceptors (Lipinski definition) is 5. The Morgan fingerprint density at radius 3 is 2.88 bits per heavy atom. The van der Waals surface area contributed by atoms with Gasteiger partial charge in [-0.15, -0.1) is 16.9 Å². The van der Waals surface area contributed by atoms with Gasteiger partial charge in [-0.3, -0.25) is 4.79 Å². The highest BCUT2D eigenvalue weighted by Gasteiger charge is 2.33. The fraction of sp³-hybridized carbons (Fsp3) is 0.389. The molecular weight excluding hydrogens is 320 g/mol. The molecule has 1 aromatic carbocycles. The fourth-order valence-corrected chi connectivity index (χ4v) is 4.53. The van der Waals surface area contributed by atoms with Crippen molar-refractivity contribution in [3.63, 3.8) is 0 Å². The molecule has 24 heavy (non-hydrogen) atoms. The van der Waals surface area contributed by atoms with E-state index in [1.807, 2.05) is 36.0 Å². The molecule has 124 valence electrons. The van der Waals surface area contributed by atoms with Crippen LogP contribution in [0.4, 0.5) is 5.82 Å². The zero-order valence-electron chi connectivity index (χ0n) is 13.9. The summed E-state index contributed by atoms with van der Waals surface area (Å²) in [5, 5.41) is 8.57. The Bertz CT molecular complexity index is 767. The van der Waals surface area contributed by atoms with Crippen LogP contribution in [-0.2, 0) is 24.2 Å². The van der Waals surface area contributed by atoms with Crippen LogP contribution < -0.4 is 4.90 Å². The fourth-order valence-electron chi connectivity index (χ4n) is 3.25. The molecular formula is C18H20N4OS. The monoisotopic (exact) mass is 340 g/mol. The summed E-state index contributed by atoms with van der Waals surface area (Å²) < 4.78 is 0. The molecule has 1 amide bonds. The van der Waals surface area contributed by atoms with Crippen molar-refractivity contribution in [3.8, 4) is 0 Å². The third-order valence-electron chi connectivity index (χ3n) is 4.62. The van der Waals surface area contributed by atoms with E-state index in [0.717, 1.165) is 36.5 Å². The summed E-state index contributed by atoms with van der Waals surface area (Å²) in [4.78, 5) is 18.1. The van der Waals surface area contributed by atoms with Gasteiger partial charge in [0, 0.05) is 38.5 Å². The number of nitrogens with zero attached hydrogens (tertiary/aromatic N) is 4. The van der Waals surface area contributed by atoms with Crippen molar-refractivity contribution in [1.82, 2.24) is 15.1 Å². The Kier molecular flexibility index (Phi) is 3.92. The number of amides is 1. The van der Waals surface area contributed by atoms with Gasteiger partial charge in [0.2, 0.25) is 5.91 Å². The Balaban J connectivity index is 1.50. The van der Waals surface area contributed by atoms with Crippen LogP contribution in [-0.4, -0.2) is 46.9 Å². The molecule has 4 rings (SSSR count). The van der Waals surface area contributed by atoms with Crippen LogP contribution in [0.3, 0.4) is 0 Å². The number of anilines is 1. The van der Waals surface area contributed by atoms with Crippen LogP contribution in [0.15, 0.2) is 35.2 Å².